The summed E-state index contributed by atoms with van der Waals surface area (Å²) >= 11 is 1.44. The Morgan fingerprint density at radius 3 is 2.72 bits per heavy atom. The molecule has 0 saturated carbocycles. The molecule has 0 bridgehead atoms. The van der Waals surface area contributed by atoms with Crippen molar-refractivity contribution < 1.29 is 4.79 Å². The van der Waals surface area contributed by atoms with Gasteiger partial charge >= 0.3 is 0 Å². The Bertz CT molecular complexity index is 1430. The molecule has 7 nitrogen and oxygen atoms in total. The summed E-state index contributed by atoms with van der Waals surface area (Å²) in [7, 11) is 0. The lowest BCUT2D eigenvalue weighted by molar-refractivity contribution is -0.119. The summed E-state index contributed by atoms with van der Waals surface area (Å²) in [6.45, 7) is 0.800. The van der Waals surface area contributed by atoms with E-state index in [0.717, 1.165) is 68.0 Å². The highest BCUT2D eigenvalue weighted by atomic mass is 32.2. The predicted octanol–water partition coefficient (Wildman–Crippen LogP) is 4.55. The van der Waals surface area contributed by atoms with Crippen LogP contribution in [0.15, 0.2) is 64.5 Å². The fourth-order valence-corrected chi connectivity index (χ4v) is 6.33. The van der Waals surface area contributed by atoms with Crippen LogP contribution in [0.4, 0.5) is 0 Å². The second kappa shape index (κ2) is 9.93. The molecule has 1 unspecified atom stereocenters. The molecule has 0 radical (unpaired) electrons. The lowest BCUT2D eigenvalue weighted by atomic mass is 9.88. The molecule has 3 aliphatic heterocycles. The molecule has 0 fully saturated rings. The molecule has 1 amide bonds. The van der Waals surface area contributed by atoms with Crippen LogP contribution >= 0.6 is 11.8 Å². The third-order valence-electron chi connectivity index (χ3n) is 7.20. The molecule has 2 aromatic rings. The number of nitrogens with zero attached hydrogens (tertiary/aromatic N) is 4. The van der Waals surface area contributed by atoms with E-state index in [-0.39, 0.29) is 23.3 Å². The molecule has 0 spiro atoms. The minimum atomic E-state index is -0.125. The number of nitrogens with one attached hydrogen (secondary N) is 1. The first-order valence-corrected chi connectivity index (χ1v) is 13.8. The molecule has 36 heavy (non-hydrogen) atoms. The highest BCUT2D eigenvalue weighted by Gasteiger charge is 2.28. The summed E-state index contributed by atoms with van der Waals surface area (Å²) in [6.07, 6.45) is 7.10. The monoisotopic (exact) mass is 499 g/mol. The van der Waals surface area contributed by atoms with E-state index >= 15 is 0 Å². The Balaban J connectivity index is 1.29. The predicted molar refractivity (Wildman–Crippen MR) is 141 cm³/mol. The number of para-hydroxylation sites is 1. The van der Waals surface area contributed by atoms with E-state index in [2.05, 4.69) is 33.2 Å². The number of carbonyl (C=O) groups is 1. The Morgan fingerprint density at radius 2 is 1.83 bits per heavy atom. The molecule has 184 valence electrons. The van der Waals surface area contributed by atoms with Crippen LogP contribution in [0.25, 0.3) is 17.1 Å². The van der Waals surface area contributed by atoms with Crippen LogP contribution < -0.4 is 10.9 Å². The maximum Gasteiger partial charge on any atom is 0.284 e. The zero-order valence-electron chi connectivity index (χ0n) is 20.2. The van der Waals surface area contributed by atoms with E-state index in [1.54, 1.807) is 0 Å². The van der Waals surface area contributed by atoms with Crippen LogP contribution in [0.5, 0.6) is 0 Å². The van der Waals surface area contributed by atoms with Crippen molar-refractivity contribution in [1.29, 1.82) is 0 Å². The van der Waals surface area contributed by atoms with E-state index in [9.17, 15) is 9.59 Å². The van der Waals surface area contributed by atoms with Gasteiger partial charge in [0.1, 0.15) is 5.56 Å². The number of benzene rings is 2. The van der Waals surface area contributed by atoms with E-state index in [1.807, 2.05) is 36.4 Å². The molecule has 2 aromatic carbocycles. The topological polar surface area (TPSA) is 81.8 Å². The van der Waals surface area contributed by atoms with E-state index in [4.69, 9.17) is 4.98 Å². The first kappa shape index (κ1) is 23.0. The molecule has 0 saturated heterocycles. The summed E-state index contributed by atoms with van der Waals surface area (Å²) in [5, 5.41) is 8.60. The number of amides is 1. The van der Waals surface area contributed by atoms with E-state index in [1.165, 1.54) is 27.6 Å². The number of thioether (sulfide) groups is 1. The number of rotatable bonds is 5. The largest absolute Gasteiger partial charge is 0.349 e. The Labute approximate surface area is 214 Å². The fraction of sp³-hybridized carbons (Fsp3) is 0.357. The van der Waals surface area contributed by atoms with Crippen LogP contribution in [-0.2, 0) is 24.2 Å². The van der Waals surface area contributed by atoms with Crippen molar-refractivity contribution in [3.63, 3.8) is 0 Å². The van der Waals surface area contributed by atoms with Crippen molar-refractivity contribution in [2.24, 2.45) is 0 Å². The Hall–Kier alpha value is -3.39. The minimum Gasteiger partial charge on any atom is -0.349 e. The van der Waals surface area contributed by atoms with Crippen molar-refractivity contribution >= 4 is 17.7 Å². The van der Waals surface area contributed by atoms with Crippen molar-refractivity contribution in [2.75, 3.05) is 5.75 Å². The van der Waals surface area contributed by atoms with Crippen molar-refractivity contribution in [3.8, 4) is 17.1 Å². The van der Waals surface area contributed by atoms with Crippen molar-refractivity contribution in [2.45, 2.75) is 62.7 Å². The Kier molecular flexibility index (Phi) is 6.35. The van der Waals surface area contributed by atoms with Gasteiger partial charge in [-0.05, 0) is 61.8 Å². The standard InChI is InChI=1S/C28H29N5O2S/c34-24(29-22-15-9-11-19-10-6-7-14-21(19)22)18-36-28-30-26-25(23-16-5-2-8-17-32(23)28)27(35)33(31-26)20-12-3-1-4-13-20/h1,3-4,6-7,10,12-14,22H,2,5,8-9,11,15-18H2,(H,29,34). The van der Waals surface area contributed by atoms with Gasteiger partial charge in [0.2, 0.25) is 5.91 Å². The van der Waals surface area contributed by atoms with Crippen molar-refractivity contribution in [1.82, 2.24) is 24.6 Å². The maximum atomic E-state index is 13.4. The summed E-state index contributed by atoms with van der Waals surface area (Å²) in [5.41, 5.74) is 4.77. The Morgan fingerprint density at radius 1 is 1.00 bits per heavy atom. The van der Waals surface area contributed by atoms with Crippen LogP contribution in [-0.4, -0.2) is 31.0 Å². The van der Waals surface area contributed by atoms with Gasteiger partial charge in [-0.2, -0.15) is 4.68 Å². The average Bonchev–Trinajstić information content (AvgIpc) is 3.07. The molecule has 1 aliphatic carbocycles. The van der Waals surface area contributed by atoms with Gasteiger partial charge in [0.25, 0.3) is 5.56 Å². The molecule has 1 atom stereocenters. The van der Waals surface area contributed by atoms with Crippen LogP contribution in [0.2, 0.25) is 0 Å². The number of carbonyl (C=O) groups excluding carboxylic acids is 1. The third-order valence-corrected chi connectivity index (χ3v) is 8.18. The molecule has 6 rings (SSSR count). The SMILES string of the molecule is O=C(CSc1nc2nn(-c3ccccc3)c(=O)c-2c2n1CCCCC2)NC1CCCc2ccccc21. The number of hydrogen-bond acceptors (Lipinski definition) is 5. The molecule has 3 heterocycles. The van der Waals surface area contributed by atoms with Gasteiger partial charge in [-0.1, -0.05) is 60.6 Å². The third kappa shape index (κ3) is 4.34. The number of aryl methyl sites for hydroxylation is 1. The average molecular weight is 500 g/mol. The molecule has 4 aliphatic rings. The summed E-state index contributed by atoms with van der Waals surface area (Å²) < 4.78 is 3.60. The molecular formula is C28H29N5O2S. The van der Waals surface area contributed by atoms with Gasteiger partial charge < -0.3 is 9.88 Å². The maximum absolute atomic E-state index is 13.4. The van der Waals surface area contributed by atoms with E-state index < -0.39 is 0 Å². The van der Waals surface area contributed by atoms with Crippen LogP contribution in [0.3, 0.4) is 0 Å². The van der Waals surface area contributed by atoms with Gasteiger partial charge in [0, 0.05) is 12.2 Å². The van der Waals surface area contributed by atoms with Gasteiger partial charge in [-0.3, -0.25) is 9.59 Å². The second-order valence-electron chi connectivity index (χ2n) is 9.55. The molecular weight excluding hydrogens is 470 g/mol. The molecule has 0 aromatic heterocycles. The van der Waals surface area contributed by atoms with Crippen molar-refractivity contribution in [3.05, 3.63) is 81.8 Å². The number of aromatic nitrogens is 4. The number of hydrogen-bond donors (Lipinski definition) is 1. The first-order valence-electron chi connectivity index (χ1n) is 12.8. The minimum absolute atomic E-state index is 0.00546. The van der Waals surface area contributed by atoms with Gasteiger partial charge in [0.15, 0.2) is 11.0 Å². The number of fused-ring (bicyclic) bond motifs is 4. The van der Waals surface area contributed by atoms with Crippen LogP contribution in [0.1, 0.15) is 55.0 Å². The summed E-state index contributed by atoms with van der Waals surface area (Å²) in [4.78, 5) is 31.2. The fourth-order valence-electron chi connectivity index (χ4n) is 5.48. The summed E-state index contributed by atoms with van der Waals surface area (Å²) in [6, 6.07) is 17.9. The second-order valence-corrected chi connectivity index (χ2v) is 10.5. The quantitative estimate of drug-likeness (QED) is 0.322. The zero-order valence-corrected chi connectivity index (χ0v) is 21.0. The molecule has 1 N–H and O–H groups in total. The lowest BCUT2D eigenvalue weighted by Crippen LogP contribution is -2.32. The van der Waals surface area contributed by atoms with Gasteiger partial charge in [0.05, 0.1) is 17.5 Å². The summed E-state index contributed by atoms with van der Waals surface area (Å²) in [5.74, 6) is 0.743. The molecule has 8 heteroatoms. The van der Waals surface area contributed by atoms with Gasteiger partial charge in [-0.15, -0.1) is 5.10 Å². The smallest absolute Gasteiger partial charge is 0.284 e. The first-order chi connectivity index (χ1) is 17.7. The zero-order chi connectivity index (χ0) is 24.5. The van der Waals surface area contributed by atoms with Gasteiger partial charge in [-0.25, -0.2) is 4.98 Å². The highest BCUT2D eigenvalue weighted by molar-refractivity contribution is 7.99. The highest BCUT2D eigenvalue weighted by Crippen LogP contribution is 2.32. The lowest BCUT2D eigenvalue weighted by Gasteiger charge is -2.26. The normalized spacial score (nSPS) is 17.3. The van der Waals surface area contributed by atoms with Crippen LogP contribution in [0, 0.1) is 0 Å². The van der Waals surface area contributed by atoms with E-state index in [0.29, 0.717) is 11.4 Å².